The molecule has 0 unspecified atom stereocenters. The Bertz CT molecular complexity index is 609. The molecular weight excluding hydrogens is 261 g/mol. The standard InChI is InChI=1S/C11H9F3N4O/c12-11(13,14)18(5-9(15)19)10-7-3-1-2-4-8(7)16-6-17-10/h1-4,6H,5H2,(H2,15,19). The van der Waals surface area contributed by atoms with Crippen LogP contribution in [0.2, 0.25) is 0 Å². The molecule has 0 bridgehead atoms. The molecule has 1 aromatic heterocycles. The van der Waals surface area contributed by atoms with Crippen molar-refractivity contribution in [2.45, 2.75) is 6.30 Å². The molecule has 0 atom stereocenters. The summed E-state index contributed by atoms with van der Waals surface area (Å²) in [6.45, 7) is -0.996. The maximum atomic E-state index is 13.0. The molecule has 2 aromatic rings. The second-order valence-corrected chi connectivity index (χ2v) is 3.73. The van der Waals surface area contributed by atoms with Crippen LogP contribution in [0.3, 0.4) is 0 Å². The monoisotopic (exact) mass is 270 g/mol. The van der Waals surface area contributed by atoms with E-state index in [1.54, 1.807) is 18.2 Å². The van der Waals surface area contributed by atoms with Gasteiger partial charge in [0, 0.05) is 5.39 Å². The third-order valence-corrected chi connectivity index (χ3v) is 2.40. The van der Waals surface area contributed by atoms with E-state index in [1.807, 2.05) is 0 Å². The van der Waals surface area contributed by atoms with E-state index in [0.29, 0.717) is 5.52 Å². The molecule has 5 nitrogen and oxygen atoms in total. The van der Waals surface area contributed by atoms with Gasteiger partial charge in [0.1, 0.15) is 18.7 Å². The second kappa shape index (κ2) is 4.71. The number of hydrogen-bond donors (Lipinski definition) is 1. The van der Waals surface area contributed by atoms with Crippen molar-refractivity contribution < 1.29 is 18.0 Å². The van der Waals surface area contributed by atoms with Gasteiger partial charge in [0.25, 0.3) is 0 Å². The third kappa shape index (κ3) is 2.72. The lowest BCUT2D eigenvalue weighted by atomic mass is 10.2. The van der Waals surface area contributed by atoms with E-state index in [1.165, 1.54) is 6.07 Å². The summed E-state index contributed by atoms with van der Waals surface area (Å²) in [6, 6.07) is 6.21. The quantitative estimate of drug-likeness (QED) is 0.857. The van der Waals surface area contributed by atoms with Crippen LogP contribution in [0.25, 0.3) is 10.9 Å². The van der Waals surface area contributed by atoms with Gasteiger partial charge >= 0.3 is 6.30 Å². The fourth-order valence-corrected chi connectivity index (χ4v) is 1.65. The number of benzene rings is 1. The minimum absolute atomic E-state index is 0.0979. The van der Waals surface area contributed by atoms with E-state index in [4.69, 9.17) is 5.73 Å². The molecule has 1 heterocycles. The minimum atomic E-state index is -4.76. The van der Waals surface area contributed by atoms with Crippen molar-refractivity contribution in [2.75, 3.05) is 11.4 Å². The van der Waals surface area contributed by atoms with Crippen molar-refractivity contribution in [3.8, 4) is 0 Å². The molecule has 100 valence electrons. The molecule has 19 heavy (non-hydrogen) atoms. The number of halogens is 3. The average molecular weight is 270 g/mol. The average Bonchev–Trinajstić information content (AvgIpc) is 2.34. The summed E-state index contributed by atoms with van der Waals surface area (Å²) in [4.78, 5) is 18.2. The van der Waals surface area contributed by atoms with E-state index in [0.717, 1.165) is 6.33 Å². The van der Waals surface area contributed by atoms with Crippen LogP contribution in [0.4, 0.5) is 19.0 Å². The van der Waals surface area contributed by atoms with Gasteiger partial charge in [-0.05, 0) is 12.1 Å². The van der Waals surface area contributed by atoms with Crippen molar-refractivity contribution >= 4 is 22.6 Å². The number of nitrogens with zero attached hydrogens (tertiary/aromatic N) is 3. The number of alkyl halides is 3. The summed E-state index contributed by atoms with van der Waals surface area (Å²) < 4.78 is 38.9. The summed E-state index contributed by atoms with van der Waals surface area (Å²) >= 11 is 0. The highest BCUT2D eigenvalue weighted by atomic mass is 19.4. The second-order valence-electron chi connectivity index (χ2n) is 3.73. The Morgan fingerprint density at radius 1 is 1.26 bits per heavy atom. The summed E-state index contributed by atoms with van der Waals surface area (Å²) in [5, 5.41) is 0.198. The summed E-state index contributed by atoms with van der Waals surface area (Å²) in [5.74, 6) is -1.49. The van der Waals surface area contributed by atoms with Crippen LogP contribution in [-0.4, -0.2) is 28.7 Å². The third-order valence-electron chi connectivity index (χ3n) is 2.40. The van der Waals surface area contributed by atoms with Crippen molar-refractivity contribution in [2.24, 2.45) is 5.73 Å². The molecule has 0 aliphatic heterocycles. The Morgan fingerprint density at radius 2 is 1.95 bits per heavy atom. The van der Waals surface area contributed by atoms with Gasteiger partial charge < -0.3 is 5.73 Å². The highest BCUT2D eigenvalue weighted by Crippen LogP contribution is 2.31. The van der Waals surface area contributed by atoms with Gasteiger partial charge in [-0.15, -0.1) is 0 Å². The van der Waals surface area contributed by atoms with Crippen LogP contribution < -0.4 is 10.6 Å². The zero-order valence-electron chi connectivity index (χ0n) is 9.55. The number of para-hydroxylation sites is 1. The van der Waals surface area contributed by atoms with Crippen LogP contribution in [0.5, 0.6) is 0 Å². The molecule has 0 aliphatic carbocycles. The van der Waals surface area contributed by atoms with Crippen LogP contribution in [0.1, 0.15) is 0 Å². The van der Waals surface area contributed by atoms with Crippen molar-refractivity contribution in [3.63, 3.8) is 0 Å². The zero-order valence-corrected chi connectivity index (χ0v) is 9.55. The van der Waals surface area contributed by atoms with Crippen LogP contribution in [0.15, 0.2) is 30.6 Å². The molecule has 2 rings (SSSR count). The number of anilines is 1. The van der Waals surface area contributed by atoms with Gasteiger partial charge in [-0.3, -0.25) is 9.69 Å². The Balaban J connectivity index is 2.59. The summed E-state index contributed by atoms with van der Waals surface area (Å²) in [5.41, 5.74) is 5.20. The normalized spacial score (nSPS) is 11.5. The van der Waals surface area contributed by atoms with Gasteiger partial charge in [0.15, 0.2) is 0 Å². The summed E-state index contributed by atoms with van der Waals surface area (Å²) in [7, 11) is 0. The number of hydrogen-bond acceptors (Lipinski definition) is 4. The molecule has 0 aliphatic rings. The maximum absolute atomic E-state index is 13.0. The Hall–Kier alpha value is -2.38. The maximum Gasteiger partial charge on any atom is 0.486 e. The predicted molar refractivity (Wildman–Crippen MR) is 62.1 cm³/mol. The molecule has 1 amide bonds. The molecule has 0 radical (unpaired) electrons. The molecule has 0 spiro atoms. The van der Waals surface area contributed by atoms with Gasteiger partial charge in [-0.1, -0.05) is 12.1 Å². The molecule has 1 aromatic carbocycles. The fourth-order valence-electron chi connectivity index (χ4n) is 1.65. The topological polar surface area (TPSA) is 72.1 Å². The van der Waals surface area contributed by atoms with Crippen molar-refractivity contribution in [3.05, 3.63) is 30.6 Å². The smallest absolute Gasteiger partial charge is 0.368 e. The fraction of sp³-hybridized carbons (Fsp3) is 0.182. The van der Waals surface area contributed by atoms with Gasteiger partial charge in [0.05, 0.1) is 5.52 Å². The predicted octanol–water partition coefficient (Wildman–Crippen LogP) is 1.44. The Kier molecular flexibility index (Phi) is 3.24. The zero-order chi connectivity index (χ0) is 14.0. The van der Waals surface area contributed by atoms with Crippen molar-refractivity contribution in [1.29, 1.82) is 0 Å². The van der Waals surface area contributed by atoms with Gasteiger partial charge in [-0.2, -0.15) is 13.2 Å². The van der Waals surface area contributed by atoms with Crippen LogP contribution in [0, 0.1) is 0 Å². The minimum Gasteiger partial charge on any atom is -0.368 e. The van der Waals surface area contributed by atoms with E-state index in [-0.39, 0.29) is 10.3 Å². The van der Waals surface area contributed by atoms with Crippen molar-refractivity contribution in [1.82, 2.24) is 9.97 Å². The lowest BCUT2D eigenvalue weighted by molar-refractivity contribution is -0.137. The first-order valence-electron chi connectivity index (χ1n) is 5.22. The molecule has 0 saturated carbocycles. The Morgan fingerprint density at radius 3 is 2.58 bits per heavy atom. The lowest BCUT2D eigenvalue weighted by Crippen LogP contribution is -2.44. The number of carbonyl (C=O) groups is 1. The van der Waals surface area contributed by atoms with Crippen LogP contribution >= 0.6 is 0 Å². The molecule has 0 saturated heterocycles. The highest BCUT2D eigenvalue weighted by Gasteiger charge is 2.40. The van der Waals surface area contributed by atoms with E-state index in [9.17, 15) is 18.0 Å². The Labute approximate surface area is 105 Å². The highest BCUT2D eigenvalue weighted by molar-refractivity contribution is 5.91. The number of rotatable bonds is 3. The molecular formula is C11H9F3N4O. The number of fused-ring (bicyclic) bond motifs is 1. The first-order valence-corrected chi connectivity index (χ1v) is 5.22. The molecule has 2 N–H and O–H groups in total. The first kappa shape index (κ1) is 13.1. The summed E-state index contributed by atoms with van der Waals surface area (Å²) in [6.07, 6.45) is -3.75. The number of carbonyl (C=O) groups excluding carboxylic acids is 1. The molecule has 8 heteroatoms. The number of amides is 1. The van der Waals surface area contributed by atoms with Gasteiger partial charge in [0.2, 0.25) is 5.91 Å². The number of nitrogens with two attached hydrogens (primary N) is 1. The number of aromatic nitrogens is 2. The largest absolute Gasteiger partial charge is 0.486 e. The van der Waals surface area contributed by atoms with E-state index >= 15 is 0 Å². The number of primary amides is 1. The first-order chi connectivity index (χ1) is 8.89. The SMILES string of the molecule is NC(=O)CN(c1ncnc2ccccc12)C(F)(F)F. The van der Waals surface area contributed by atoms with Gasteiger partial charge in [-0.25, -0.2) is 9.97 Å². The van der Waals surface area contributed by atoms with E-state index < -0.39 is 24.6 Å². The van der Waals surface area contributed by atoms with E-state index in [2.05, 4.69) is 9.97 Å². The van der Waals surface area contributed by atoms with Crippen LogP contribution in [-0.2, 0) is 4.79 Å². The molecule has 0 fully saturated rings. The lowest BCUT2D eigenvalue weighted by Gasteiger charge is -2.25.